The second-order valence-corrected chi connectivity index (χ2v) is 5.67. The highest BCUT2D eigenvalue weighted by atomic mass is 79.9. The molecule has 0 aliphatic rings. The zero-order valence-electron chi connectivity index (χ0n) is 8.81. The molecule has 0 amide bonds. The molecule has 6 heteroatoms. The van der Waals surface area contributed by atoms with Gasteiger partial charge < -0.3 is 11.1 Å². The van der Waals surface area contributed by atoms with E-state index in [2.05, 4.69) is 26.2 Å². The molecule has 0 aliphatic heterocycles. The molecule has 1 heterocycles. The normalized spacial score (nSPS) is 10.2. The average molecular weight is 328 g/mol. The molecule has 0 atom stereocenters. The number of benzene rings is 1. The monoisotopic (exact) mass is 327 g/mol. The molecule has 0 fully saturated rings. The van der Waals surface area contributed by atoms with Gasteiger partial charge in [-0.2, -0.15) is 0 Å². The standard InChI is InChI=1S/C11H10BrN3S2/c12-7-1-2-9(8(5-7)11(13)16)15-6-10-14-3-4-17-10/h1-5,15H,6H2,(H2,13,16). The summed E-state index contributed by atoms with van der Waals surface area (Å²) in [5.41, 5.74) is 7.46. The van der Waals surface area contributed by atoms with Crippen LogP contribution in [-0.2, 0) is 6.54 Å². The molecule has 3 N–H and O–H groups in total. The van der Waals surface area contributed by atoms with E-state index in [1.807, 2.05) is 23.6 Å². The van der Waals surface area contributed by atoms with Crippen molar-refractivity contribution < 1.29 is 0 Å². The second kappa shape index (κ2) is 5.57. The van der Waals surface area contributed by atoms with Gasteiger partial charge in [0.25, 0.3) is 0 Å². The smallest absolute Gasteiger partial charge is 0.112 e. The van der Waals surface area contributed by atoms with E-state index in [0.29, 0.717) is 11.5 Å². The fourth-order valence-electron chi connectivity index (χ4n) is 1.39. The van der Waals surface area contributed by atoms with Crippen LogP contribution in [0.15, 0.2) is 34.2 Å². The maximum Gasteiger partial charge on any atom is 0.112 e. The lowest BCUT2D eigenvalue weighted by Gasteiger charge is -2.10. The van der Waals surface area contributed by atoms with Crippen LogP contribution in [0.25, 0.3) is 0 Å². The highest BCUT2D eigenvalue weighted by molar-refractivity contribution is 9.10. The van der Waals surface area contributed by atoms with Gasteiger partial charge in [-0.25, -0.2) is 4.98 Å². The molecule has 0 saturated heterocycles. The summed E-state index contributed by atoms with van der Waals surface area (Å²) in [6.07, 6.45) is 1.79. The van der Waals surface area contributed by atoms with Crippen molar-refractivity contribution in [1.29, 1.82) is 0 Å². The van der Waals surface area contributed by atoms with E-state index in [4.69, 9.17) is 18.0 Å². The van der Waals surface area contributed by atoms with Crippen LogP contribution in [-0.4, -0.2) is 9.97 Å². The third-order valence-electron chi connectivity index (χ3n) is 2.16. The number of thiocarbonyl (C=S) groups is 1. The van der Waals surface area contributed by atoms with Gasteiger partial charge in [0.2, 0.25) is 0 Å². The summed E-state index contributed by atoms with van der Waals surface area (Å²) in [5.74, 6) is 0. The van der Waals surface area contributed by atoms with Crippen molar-refractivity contribution in [2.24, 2.45) is 5.73 Å². The van der Waals surface area contributed by atoms with Gasteiger partial charge in [0.1, 0.15) is 10.00 Å². The van der Waals surface area contributed by atoms with Crippen molar-refractivity contribution in [3.8, 4) is 0 Å². The molecule has 0 aliphatic carbocycles. The number of nitrogens with two attached hydrogens (primary N) is 1. The maximum absolute atomic E-state index is 5.69. The molecule has 2 aromatic rings. The van der Waals surface area contributed by atoms with Crippen molar-refractivity contribution in [1.82, 2.24) is 4.98 Å². The number of anilines is 1. The third-order valence-corrected chi connectivity index (χ3v) is 3.65. The van der Waals surface area contributed by atoms with E-state index < -0.39 is 0 Å². The Kier molecular flexibility index (Phi) is 4.09. The highest BCUT2D eigenvalue weighted by Gasteiger charge is 2.06. The SMILES string of the molecule is NC(=S)c1cc(Br)ccc1NCc1nccs1. The summed E-state index contributed by atoms with van der Waals surface area (Å²) in [5, 5.41) is 6.26. The first-order valence-electron chi connectivity index (χ1n) is 4.88. The number of aromatic nitrogens is 1. The molecule has 0 unspecified atom stereocenters. The summed E-state index contributed by atoms with van der Waals surface area (Å²) in [4.78, 5) is 4.59. The number of nitrogens with zero attached hydrogens (tertiary/aromatic N) is 1. The molecule has 0 bridgehead atoms. The molecule has 17 heavy (non-hydrogen) atoms. The molecule has 1 aromatic carbocycles. The van der Waals surface area contributed by atoms with Gasteiger partial charge in [0.15, 0.2) is 0 Å². The molecule has 1 aromatic heterocycles. The lowest BCUT2D eigenvalue weighted by molar-refractivity contribution is 1.10. The molecule has 3 nitrogen and oxygen atoms in total. The topological polar surface area (TPSA) is 50.9 Å². The Balaban J connectivity index is 2.17. The first-order chi connectivity index (χ1) is 8.16. The molecule has 0 saturated carbocycles. The minimum absolute atomic E-state index is 0.382. The summed E-state index contributed by atoms with van der Waals surface area (Å²) in [6, 6.07) is 5.81. The number of thiazole rings is 1. The Morgan fingerprint density at radius 2 is 2.35 bits per heavy atom. The average Bonchev–Trinajstić information content (AvgIpc) is 2.80. The minimum Gasteiger partial charge on any atom is -0.389 e. The highest BCUT2D eigenvalue weighted by Crippen LogP contribution is 2.21. The Bertz CT molecular complexity index is 526. The summed E-state index contributed by atoms with van der Waals surface area (Å²) in [6.45, 7) is 0.676. The maximum atomic E-state index is 5.69. The van der Waals surface area contributed by atoms with E-state index in [-0.39, 0.29) is 0 Å². The van der Waals surface area contributed by atoms with Gasteiger partial charge in [0.05, 0.1) is 6.54 Å². The molecular weight excluding hydrogens is 318 g/mol. The van der Waals surface area contributed by atoms with Gasteiger partial charge in [0, 0.05) is 27.3 Å². The van der Waals surface area contributed by atoms with Gasteiger partial charge in [-0.3, -0.25) is 0 Å². The zero-order chi connectivity index (χ0) is 12.3. The molecule has 0 spiro atoms. The van der Waals surface area contributed by atoms with Crippen LogP contribution in [0, 0.1) is 0 Å². The summed E-state index contributed by atoms with van der Waals surface area (Å²) in [7, 11) is 0. The number of halogens is 1. The summed E-state index contributed by atoms with van der Waals surface area (Å²) >= 11 is 10.0. The second-order valence-electron chi connectivity index (χ2n) is 3.33. The minimum atomic E-state index is 0.382. The van der Waals surface area contributed by atoms with Crippen molar-refractivity contribution in [2.75, 3.05) is 5.32 Å². The number of nitrogens with one attached hydrogen (secondary N) is 1. The van der Waals surface area contributed by atoms with Gasteiger partial charge >= 0.3 is 0 Å². The van der Waals surface area contributed by atoms with Crippen LogP contribution in [0.3, 0.4) is 0 Å². The number of rotatable bonds is 4. The molecule has 2 rings (SSSR count). The predicted molar refractivity (Wildman–Crippen MR) is 79.5 cm³/mol. The fraction of sp³-hybridized carbons (Fsp3) is 0.0909. The van der Waals surface area contributed by atoms with Crippen LogP contribution in [0.4, 0.5) is 5.69 Å². The third kappa shape index (κ3) is 3.24. The largest absolute Gasteiger partial charge is 0.389 e. The first kappa shape index (κ1) is 12.5. The van der Waals surface area contributed by atoms with Crippen LogP contribution >= 0.6 is 39.5 Å². The Hall–Kier alpha value is -0.980. The first-order valence-corrected chi connectivity index (χ1v) is 6.96. The van der Waals surface area contributed by atoms with E-state index in [9.17, 15) is 0 Å². The Morgan fingerprint density at radius 3 is 3.00 bits per heavy atom. The van der Waals surface area contributed by atoms with Crippen LogP contribution in [0.1, 0.15) is 10.6 Å². The van der Waals surface area contributed by atoms with E-state index in [1.54, 1.807) is 17.5 Å². The van der Waals surface area contributed by atoms with Crippen molar-refractivity contribution in [3.63, 3.8) is 0 Å². The van der Waals surface area contributed by atoms with Gasteiger partial charge in [-0.1, -0.05) is 28.1 Å². The number of hydrogen-bond acceptors (Lipinski definition) is 4. The van der Waals surface area contributed by atoms with Crippen molar-refractivity contribution in [3.05, 3.63) is 44.8 Å². The molecular formula is C11H10BrN3S2. The van der Waals surface area contributed by atoms with Crippen molar-refractivity contribution in [2.45, 2.75) is 6.54 Å². The van der Waals surface area contributed by atoms with Gasteiger partial charge in [-0.05, 0) is 18.2 Å². The van der Waals surface area contributed by atoms with Gasteiger partial charge in [-0.15, -0.1) is 11.3 Å². The van der Waals surface area contributed by atoms with Crippen LogP contribution < -0.4 is 11.1 Å². The Labute approximate surface area is 117 Å². The van der Waals surface area contributed by atoms with Crippen LogP contribution in [0.2, 0.25) is 0 Å². The lowest BCUT2D eigenvalue weighted by atomic mass is 10.2. The quantitative estimate of drug-likeness (QED) is 0.847. The van der Waals surface area contributed by atoms with Crippen LogP contribution in [0.5, 0.6) is 0 Å². The predicted octanol–water partition coefficient (Wildman–Crippen LogP) is 3.15. The zero-order valence-corrected chi connectivity index (χ0v) is 12.0. The lowest BCUT2D eigenvalue weighted by Crippen LogP contribution is -2.13. The number of hydrogen-bond donors (Lipinski definition) is 2. The van der Waals surface area contributed by atoms with Crippen molar-refractivity contribution >= 4 is 50.2 Å². The fourth-order valence-corrected chi connectivity index (χ4v) is 2.47. The van der Waals surface area contributed by atoms with E-state index in [1.165, 1.54) is 0 Å². The van der Waals surface area contributed by atoms with E-state index >= 15 is 0 Å². The summed E-state index contributed by atoms with van der Waals surface area (Å²) < 4.78 is 0.958. The Morgan fingerprint density at radius 1 is 1.53 bits per heavy atom. The molecule has 0 radical (unpaired) electrons. The molecule has 88 valence electrons. The van der Waals surface area contributed by atoms with E-state index in [0.717, 1.165) is 20.7 Å².